The van der Waals surface area contributed by atoms with Crippen molar-refractivity contribution < 1.29 is 41.5 Å². The highest BCUT2D eigenvalue weighted by Crippen LogP contribution is 2.50. The number of para-hydroxylation sites is 1. The topological polar surface area (TPSA) is 173 Å². The Morgan fingerprint density at radius 2 is 1.86 bits per heavy atom. The average molecular weight is 788 g/mol. The maximum Gasteiger partial charge on any atom is 0.407 e. The van der Waals surface area contributed by atoms with Crippen molar-refractivity contribution in [1.82, 2.24) is 25.2 Å². The van der Waals surface area contributed by atoms with Gasteiger partial charge in [-0.1, -0.05) is 55.3 Å². The molecule has 5 aliphatic rings. The van der Waals surface area contributed by atoms with Crippen molar-refractivity contribution in [3.8, 4) is 17.0 Å². The van der Waals surface area contributed by atoms with Gasteiger partial charge in [-0.3, -0.25) is 19.1 Å². The number of carbonyl (C=O) groups excluding carboxylic acids is 4. The molecule has 0 bridgehead atoms. The summed E-state index contributed by atoms with van der Waals surface area (Å²) in [5.74, 6) is -2.43. The normalized spacial score (nSPS) is 29.0. The van der Waals surface area contributed by atoms with Gasteiger partial charge < -0.3 is 25.0 Å². The number of methoxy groups -OCH3 is 1. The molecule has 13 nitrogen and oxygen atoms in total. The van der Waals surface area contributed by atoms with Crippen molar-refractivity contribution in [2.45, 2.75) is 106 Å². The number of benzene rings is 2. The lowest BCUT2D eigenvalue weighted by atomic mass is 9.86. The number of alkyl carbamates (subject to hydrolysis) is 1. The van der Waals surface area contributed by atoms with Crippen LogP contribution in [0.3, 0.4) is 0 Å². The molecule has 4 amide bonds. The maximum absolute atomic E-state index is 14.7. The van der Waals surface area contributed by atoms with Crippen molar-refractivity contribution in [2.75, 3.05) is 13.7 Å². The quantitative estimate of drug-likeness (QED) is 0.307. The summed E-state index contributed by atoms with van der Waals surface area (Å²) in [6.07, 6.45) is 8.09. The van der Waals surface area contributed by atoms with Gasteiger partial charge in [-0.2, -0.15) is 0 Å². The molecule has 2 aromatic carbocycles. The Kier molecular flexibility index (Phi) is 9.57. The van der Waals surface area contributed by atoms with Gasteiger partial charge in [-0.05, 0) is 76.5 Å². The lowest BCUT2D eigenvalue weighted by Gasteiger charge is -2.37. The van der Waals surface area contributed by atoms with Gasteiger partial charge in [0.1, 0.15) is 40.5 Å². The van der Waals surface area contributed by atoms with Gasteiger partial charge in [0.05, 0.1) is 23.9 Å². The molecule has 15 heteroatoms. The molecule has 2 aliphatic carbocycles. The zero-order valence-corrected chi connectivity index (χ0v) is 32.3. The first-order valence-corrected chi connectivity index (χ1v) is 20.8. The van der Waals surface area contributed by atoms with Crippen LogP contribution in [0.4, 0.5) is 9.18 Å². The SMILES string of the molecule is COC(=O)N[C@H]1CCCCC/C=C\[C@@H]2C[C@@]2(C(=O)NS(=O)(=O)C2(C)CC2)NC(=O)[C@@H]2C[C@]3(CCc4c(c(-c5cccc(F)c5)nc5ccccc45)O3)CN2C1=O. The Bertz CT molecular complexity index is 2260. The number of pyridine rings is 1. The Morgan fingerprint density at radius 3 is 2.62 bits per heavy atom. The van der Waals surface area contributed by atoms with Crippen molar-refractivity contribution in [3.63, 3.8) is 0 Å². The van der Waals surface area contributed by atoms with Crippen LogP contribution >= 0.6 is 0 Å². The molecule has 3 aliphatic heterocycles. The number of fused-ring (bicyclic) bond motifs is 5. The molecule has 0 radical (unpaired) electrons. The second kappa shape index (κ2) is 14.2. The summed E-state index contributed by atoms with van der Waals surface area (Å²) in [5, 5.41) is 6.46. The van der Waals surface area contributed by atoms with E-state index < -0.39 is 73.5 Å². The molecule has 3 aromatic rings. The highest BCUT2D eigenvalue weighted by atomic mass is 32.2. The zero-order chi connectivity index (χ0) is 39.5. The zero-order valence-electron chi connectivity index (χ0n) is 31.4. The second-order valence-corrected chi connectivity index (χ2v) is 18.4. The first-order chi connectivity index (χ1) is 26.8. The van der Waals surface area contributed by atoms with Crippen LogP contribution in [0.15, 0.2) is 60.7 Å². The summed E-state index contributed by atoms with van der Waals surface area (Å²) >= 11 is 0. The van der Waals surface area contributed by atoms with Crippen LogP contribution in [-0.2, 0) is 35.6 Å². The van der Waals surface area contributed by atoms with Crippen LogP contribution in [-0.4, -0.2) is 83.7 Å². The first-order valence-electron chi connectivity index (χ1n) is 19.3. The van der Waals surface area contributed by atoms with Crippen LogP contribution in [0.25, 0.3) is 22.2 Å². The standard InChI is InChI=1S/C41H46FN5O8S/c1-39(19-20-39)56(52,53)46-37(50)41-22-26(41)12-6-4-3-5-7-16-31(44-38(51)54-2)36(49)47-24-40(23-32(47)35(48)45-41)18-17-29-28-14-8-9-15-30(28)43-33(34(29)55-40)25-11-10-13-27(42)21-25/h6,8-15,21,26,31-32H,3-5,7,16-20,22-24H2,1-2H3,(H,44,51)(H,45,48)(H,46,50)/b12-6-/t26-,31+,32+,40-,41-/m1/s1. The molecule has 1 spiro atoms. The predicted molar refractivity (Wildman–Crippen MR) is 204 cm³/mol. The number of nitrogens with zero attached hydrogens (tertiary/aromatic N) is 2. The molecule has 8 rings (SSSR count). The molecule has 2 saturated carbocycles. The summed E-state index contributed by atoms with van der Waals surface area (Å²) in [5.41, 5.74) is -0.140. The fourth-order valence-corrected chi connectivity index (χ4v) is 9.83. The molecular formula is C41H46FN5O8S. The monoisotopic (exact) mass is 787 g/mol. The minimum Gasteiger partial charge on any atom is -0.483 e. The summed E-state index contributed by atoms with van der Waals surface area (Å²) in [7, 11) is -2.80. The van der Waals surface area contributed by atoms with Crippen molar-refractivity contribution in [2.24, 2.45) is 5.92 Å². The van der Waals surface area contributed by atoms with E-state index >= 15 is 0 Å². The number of halogens is 1. The van der Waals surface area contributed by atoms with Gasteiger partial charge >= 0.3 is 6.09 Å². The molecule has 3 N–H and O–H groups in total. The van der Waals surface area contributed by atoms with E-state index in [1.165, 1.54) is 24.1 Å². The van der Waals surface area contributed by atoms with Crippen LogP contribution in [0.2, 0.25) is 0 Å². The number of allylic oxidation sites excluding steroid dienone is 1. The molecule has 5 atom stereocenters. The van der Waals surface area contributed by atoms with Crippen LogP contribution in [0, 0.1) is 11.7 Å². The average Bonchev–Trinajstić information content (AvgIpc) is 4.07. The highest BCUT2D eigenvalue weighted by molar-refractivity contribution is 7.91. The molecule has 56 heavy (non-hydrogen) atoms. The number of hydrogen-bond acceptors (Lipinski definition) is 9. The molecule has 0 unspecified atom stereocenters. The number of rotatable bonds is 5. The van der Waals surface area contributed by atoms with E-state index in [4.69, 9.17) is 14.5 Å². The van der Waals surface area contributed by atoms with Gasteiger partial charge in [0.25, 0.3) is 5.91 Å². The highest BCUT2D eigenvalue weighted by Gasteiger charge is 2.64. The Morgan fingerprint density at radius 1 is 1.05 bits per heavy atom. The van der Waals surface area contributed by atoms with Gasteiger partial charge in [-0.25, -0.2) is 22.6 Å². The molecule has 1 aromatic heterocycles. The first kappa shape index (κ1) is 37.9. The summed E-state index contributed by atoms with van der Waals surface area (Å²) in [6, 6.07) is 11.5. The lowest BCUT2D eigenvalue weighted by molar-refractivity contribution is -0.141. The predicted octanol–water partition coefficient (Wildman–Crippen LogP) is 4.82. The van der Waals surface area contributed by atoms with E-state index in [9.17, 15) is 32.0 Å². The van der Waals surface area contributed by atoms with E-state index in [0.29, 0.717) is 67.5 Å². The van der Waals surface area contributed by atoms with Gasteiger partial charge in [-0.15, -0.1) is 0 Å². The number of ether oxygens (including phenoxy) is 2. The third-order valence-corrected chi connectivity index (χ3v) is 14.4. The third kappa shape index (κ3) is 6.87. The number of amides is 4. The Hall–Kier alpha value is -5.05. The Labute approximate surface area is 324 Å². The number of carbonyl (C=O) groups is 4. The van der Waals surface area contributed by atoms with Gasteiger partial charge in [0.15, 0.2) is 0 Å². The lowest BCUT2D eigenvalue weighted by Crippen LogP contribution is -2.58. The summed E-state index contributed by atoms with van der Waals surface area (Å²) in [6.45, 7) is 1.55. The number of sulfonamides is 1. The minimum absolute atomic E-state index is 0.0267. The molecule has 296 valence electrons. The van der Waals surface area contributed by atoms with Crippen LogP contribution in [0.5, 0.6) is 5.75 Å². The fraction of sp³-hybridized carbons (Fsp3) is 0.488. The summed E-state index contributed by atoms with van der Waals surface area (Å²) < 4.78 is 54.1. The minimum atomic E-state index is -4.01. The van der Waals surface area contributed by atoms with E-state index in [1.54, 1.807) is 19.1 Å². The number of nitrogens with one attached hydrogen (secondary N) is 3. The third-order valence-electron chi connectivity index (χ3n) is 12.3. The van der Waals surface area contributed by atoms with Crippen LogP contribution in [0.1, 0.15) is 76.7 Å². The second-order valence-electron chi connectivity index (χ2n) is 16.2. The molecule has 4 heterocycles. The molecule has 1 saturated heterocycles. The van der Waals surface area contributed by atoms with Crippen molar-refractivity contribution in [3.05, 3.63) is 72.1 Å². The van der Waals surface area contributed by atoms with Crippen LogP contribution < -0.4 is 20.1 Å². The van der Waals surface area contributed by atoms with Crippen molar-refractivity contribution >= 4 is 44.7 Å². The van der Waals surface area contributed by atoms with Gasteiger partial charge in [0.2, 0.25) is 21.8 Å². The number of hydrogen-bond donors (Lipinski definition) is 3. The molecule has 3 fully saturated rings. The van der Waals surface area contributed by atoms with Crippen molar-refractivity contribution in [1.29, 1.82) is 0 Å². The summed E-state index contributed by atoms with van der Waals surface area (Å²) in [4.78, 5) is 62.1. The smallest absolute Gasteiger partial charge is 0.407 e. The maximum atomic E-state index is 14.7. The molecular weight excluding hydrogens is 742 g/mol. The van der Waals surface area contributed by atoms with E-state index in [0.717, 1.165) is 23.8 Å². The van der Waals surface area contributed by atoms with E-state index in [2.05, 4.69) is 15.4 Å². The van der Waals surface area contributed by atoms with E-state index in [1.807, 2.05) is 36.4 Å². The fourth-order valence-electron chi connectivity index (χ4n) is 8.51. The van der Waals surface area contributed by atoms with E-state index in [-0.39, 0.29) is 19.4 Å². The Balaban J connectivity index is 1.18. The number of aryl methyl sites for hydroxylation is 1. The van der Waals surface area contributed by atoms with Gasteiger partial charge in [0, 0.05) is 28.9 Å². The largest absolute Gasteiger partial charge is 0.483 e. The number of aromatic nitrogens is 1.